The third-order valence-corrected chi connectivity index (χ3v) is 5.07. The predicted molar refractivity (Wildman–Crippen MR) is 102 cm³/mol. The molecular weight excluding hydrogens is 335 g/mol. The first kappa shape index (κ1) is 19.5. The summed E-state index contributed by atoms with van der Waals surface area (Å²) in [6.45, 7) is 2.94. The van der Waals surface area contributed by atoms with E-state index in [4.69, 9.17) is 0 Å². The number of thioether (sulfide) groups is 1. The molecule has 0 saturated heterocycles. The first-order valence-corrected chi connectivity index (χ1v) is 9.26. The van der Waals surface area contributed by atoms with Crippen molar-refractivity contribution >= 4 is 17.7 Å². The minimum Gasteiger partial charge on any atom is -0.352 e. The van der Waals surface area contributed by atoms with Crippen LogP contribution in [0.5, 0.6) is 0 Å². The van der Waals surface area contributed by atoms with Gasteiger partial charge in [0.2, 0.25) is 5.91 Å². The first-order chi connectivity index (χ1) is 12.0. The quantitative estimate of drug-likeness (QED) is 0.719. The summed E-state index contributed by atoms with van der Waals surface area (Å²) in [5.41, 5.74) is 0.939. The highest BCUT2D eigenvalue weighted by molar-refractivity contribution is 8.00. The molecule has 0 radical (unpaired) electrons. The highest BCUT2D eigenvalue weighted by Crippen LogP contribution is 2.35. The van der Waals surface area contributed by atoms with Crippen molar-refractivity contribution in [3.63, 3.8) is 0 Å². The van der Waals surface area contributed by atoms with Crippen LogP contribution in [-0.2, 0) is 4.79 Å². The van der Waals surface area contributed by atoms with E-state index in [9.17, 15) is 9.18 Å². The molecule has 1 N–H and O–H groups in total. The lowest BCUT2D eigenvalue weighted by molar-refractivity contribution is -0.121. The number of nitrogens with one attached hydrogen (secondary N) is 1. The SMILES string of the molecule is CC(CCN(C)C)NC(=O)C(Sc1ccc(F)cc1)c1ccccc1. The number of hydrogen-bond donors (Lipinski definition) is 1. The van der Waals surface area contributed by atoms with Gasteiger partial charge >= 0.3 is 0 Å². The third-order valence-electron chi connectivity index (χ3n) is 3.81. The Morgan fingerprint density at radius 1 is 1.12 bits per heavy atom. The zero-order chi connectivity index (χ0) is 18.2. The number of carbonyl (C=O) groups excluding carboxylic acids is 1. The summed E-state index contributed by atoms with van der Waals surface area (Å²) in [7, 11) is 4.04. The molecule has 0 spiro atoms. The molecule has 0 aliphatic rings. The van der Waals surface area contributed by atoms with Crippen LogP contribution in [0.15, 0.2) is 59.5 Å². The van der Waals surface area contributed by atoms with Crippen LogP contribution in [0.1, 0.15) is 24.2 Å². The number of hydrogen-bond acceptors (Lipinski definition) is 3. The minimum atomic E-state index is -0.367. The van der Waals surface area contributed by atoms with Crippen LogP contribution in [0.2, 0.25) is 0 Å². The molecule has 2 unspecified atom stereocenters. The molecule has 134 valence electrons. The molecule has 1 amide bonds. The monoisotopic (exact) mass is 360 g/mol. The van der Waals surface area contributed by atoms with Crippen molar-refractivity contribution in [2.75, 3.05) is 20.6 Å². The Morgan fingerprint density at radius 2 is 1.76 bits per heavy atom. The molecule has 0 saturated carbocycles. The van der Waals surface area contributed by atoms with Gasteiger partial charge in [0.1, 0.15) is 11.1 Å². The Kier molecular flexibility index (Phi) is 7.47. The fraction of sp³-hybridized carbons (Fsp3) is 0.350. The topological polar surface area (TPSA) is 32.3 Å². The maximum Gasteiger partial charge on any atom is 0.238 e. The number of halogens is 1. The smallest absolute Gasteiger partial charge is 0.238 e. The second kappa shape index (κ2) is 9.59. The summed E-state index contributed by atoms with van der Waals surface area (Å²) >= 11 is 1.44. The zero-order valence-electron chi connectivity index (χ0n) is 14.9. The minimum absolute atomic E-state index is 0.0215. The van der Waals surface area contributed by atoms with Crippen LogP contribution in [0.3, 0.4) is 0 Å². The van der Waals surface area contributed by atoms with E-state index in [0.29, 0.717) is 0 Å². The van der Waals surface area contributed by atoms with Crippen molar-refractivity contribution in [2.45, 2.75) is 29.5 Å². The van der Waals surface area contributed by atoms with Crippen LogP contribution in [-0.4, -0.2) is 37.5 Å². The van der Waals surface area contributed by atoms with E-state index in [1.807, 2.05) is 51.4 Å². The van der Waals surface area contributed by atoms with Crippen LogP contribution < -0.4 is 5.32 Å². The Morgan fingerprint density at radius 3 is 2.36 bits per heavy atom. The molecule has 2 rings (SSSR count). The summed E-state index contributed by atoms with van der Waals surface area (Å²) in [5, 5.41) is 2.74. The zero-order valence-corrected chi connectivity index (χ0v) is 15.7. The maximum absolute atomic E-state index is 13.1. The largest absolute Gasteiger partial charge is 0.352 e. The highest BCUT2D eigenvalue weighted by Gasteiger charge is 2.23. The average Bonchev–Trinajstić information content (AvgIpc) is 2.60. The van der Waals surface area contributed by atoms with Gasteiger partial charge in [0.15, 0.2) is 0 Å². The van der Waals surface area contributed by atoms with E-state index >= 15 is 0 Å². The molecule has 0 aromatic heterocycles. The van der Waals surface area contributed by atoms with Gasteiger partial charge in [-0.25, -0.2) is 4.39 Å². The molecule has 5 heteroatoms. The highest BCUT2D eigenvalue weighted by atomic mass is 32.2. The van der Waals surface area contributed by atoms with Gasteiger partial charge in [-0.3, -0.25) is 4.79 Å². The molecule has 2 aromatic carbocycles. The van der Waals surface area contributed by atoms with E-state index < -0.39 is 0 Å². The molecule has 0 fully saturated rings. The summed E-state index contributed by atoms with van der Waals surface area (Å²) < 4.78 is 13.1. The molecule has 0 aliphatic heterocycles. The molecule has 25 heavy (non-hydrogen) atoms. The van der Waals surface area contributed by atoms with Gasteiger partial charge in [-0.2, -0.15) is 0 Å². The van der Waals surface area contributed by atoms with Crippen molar-refractivity contribution in [1.29, 1.82) is 0 Å². The molecule has 0 aliphatic carbocycles. The average molecular weight is 360 g/mol. The van der Waals surface area contributed by atoms with Crippen molar-refractivity contribution < 1.29 is 9.18 Å². The van der Waals surface area contributed by atoms with Crippen molar-refractivity contribution in [2.24, 2.45) is 0 Å². The predicted octanol–water partition coefficient (Wildman–Crippen LogP) is 4.12. The van der Waals surface area contributed by atoms with Crippen molar-refractivity contribution in [1.82, 2.24) is 10.2 Å². The maximum atomic E-state index is 13.1. The first-order valence-electron chi connectivity index (χ1n) is 8.38. The van der Waals surface area contributed by atoms with Crippen LogP contribution in [0.4, 0.5) is 4.39 Å². The number of amides is 1. The van der Waals surface area contributed by atoms with Crippen molar-refractivity contribution in [3.05, 3.63) is 66.0 Å². The van der Waals surface area contributed by atoms with Gasteiger partial charge in [0, 0.05) is 10.9 Å². The van der Waals surface area contributed by atoms with Gasteiger partial charge in [-0.1, -0.05) is 30.3 Å². The summed E-state index contributed by atoms with van der Waals surface area (Å²) in [5.74, 6) is -0.297. The number of rotatable bonds is 8. The number of benzene rings is 2. The van der Waals surface area contributed by atoms with E-state index in [2.05, 4.69) is 10.2 Å². The van der Waals surface area contributed by atoms with E-state index in [1.165, 1.54) is 23.9 Å². The summed E-state index contributed by atoms with van der Waals surface area (Å²) in [6.07, 6.45) is 0.890. The molecule has 2 atom stereocenters. The standard InChI is InChI=1S/C20H25FN2OS/c1-15(13-14-23(2)3)22-20(24)19(16-7-5-4-6-8-16)25-18-11-9-17(21)10-12-18/h4-12,15,19H,13-14H2,1-3H3,(H,22,24). The van der Waals surface area contributed by atoms with Gasteiger partial charge in [-0.15, -0.1) is 11.8 Å². The fourth-order valence-corrected chi connectivity index (χ4v) is 3.43. The fourth-order valence-electron chi connectivity index (χ4n) is 2.39. The Labute approximate surface area is 153 Å². The van der Waals surface area contributed by atoms with Gasteiger partial charge in [-0.05, 0) is 63.8 Å². The third kappa shape index (κ3) is 6.52. The number of carbonyl (C=O) groups is 1. The van der Waals surface area contributed by atoms with Gasteiger partial charge < -0.3 is 10.2 Å². The van der Waals surface area contributed by atoms with Crippen LogP contribution in [0.25, 0.3) is 0 Å². The van der Waals surface area contributed by atoms with Crippen molar-refractivity contribution in [3.8, 4) is 0 Å². The van der Waals surface area contributed by atoms with E-state index in [1.54, 1.807) is 12.1 Å². The molecule has 2 aromatic rings. The second-order valence-electron chi connectivity index (χ2n) is 6.36. The summed E-state index contributed by atoms with van der Waals surface area (Å²) in [4.78, 5) is 15.8. The number of nitrogens with zero attached hydrogens (tertiary/aromatic N) is 1. The van der Waals surface area contributed by atoms with Crippen LogP contribution in [0, 0.1) is 5.82 Å². The molecule has 0 heterocycles. The lowest BCUT2D eigenvalue weighted by Crippen LogP contribution is -2.37. The van der Waals surface area contributed by atoms with Crippen LogP contribution >= 0.6 is 11.8 Å². The Balaban J connectivity index is 2.11. The van der Waals surface area contributed by atoms with E-state index in [-0.39, 0.29) is 23.0 Å². The normalized spacial score (nSPS) is 13.5. The lowest BCUT2D eigenvalue weighted by atomic mass is 10.1. The Hall–Kier alpha value is -1.85. The molecule has 0 bridgehead atoms. The molecule has 3 nitrogen and oxygen atoms in total. The Bertz CT molecular complexity index is 661. The lowest BCUT2D eigenvalue weighted by Gasteiger charge is -2.21. The second-order valence-corrected chi connectivity index (χ2v) is 7.54. The van der Waals surface area contributed by atoms with E-state index in [0.717, 1.165) is 23.4 Å². The van der Waals surface area contributed by atoms with Gasteiger partial charge in [0.05, 0.1) is 0 Å². The summed E-state index contributed by atoms with van der Waals surface area (Å²) in [6, 6.07) is 16.0. The molecular formula is C20H25FN2OS. The van der Waals surface area contributed by atoms with Gasteiger partial charge in [0.25, 0.3) is 0 Å².